The van der Waals surface area contributed by atoms with Crippen LogP contribution in [-0.2, 0) is 0 Å². The molecule has 3 aromatic rings. The lowest BCUT2D eigenvalue weighted by Gasteiger charge is -2.14. The van der Waals surface area contributed by atoms with Gasteiger partial charge in [0.2, 0.25) is 5.95 Å². The van der Waals surface area contributed by atoms with Crippen molar-refractivity contribution >= 4 is 34.9 Å². The summed E-state index contributed by atoms with van der Waals surface area (Å²) in [7, 11) is 3.88. The molecule has 0 atom stereocenters. The number of nitrogens with one attached hydrogen (secondary N) is 3. The van der Waals surface area contributed by atoms with Crippen molar-refractivity contribution in [2.24, 2.45) is 0 Å². The molecular weight excluding hydrogens is 364 g/mol. The van der Waals surface area contributed by atoms with Crippen molar-refractivity contribution in [2.45, 2.75) is 20.8 Å². The van der Waals surface area contributed by atoms with E-state index in [1.807, 2.05) is 88.3 Å². The minimum absolute atomic E-state index is 0.282. The highest BCUT2D eigenvalue weighted by Crippen LogP contribution is 2.20. The average molecular weight is 390 g/mol. The predicted molar refractivity (Wildman–Crippen MR) is 119 cm³/mol. The minimum Gasteiger partial charge on any atom is -0.363 e. The molecular formula is C22H26N6O. The van der Waals surface area contributed by atoms with E-state index in [0.29, 0.717) is 11.6 Å². The van der Waals surface area contributed by atoms with Crippen LogP contribution in [0.15, 0.2) is 48.5 Å². The largest absolute Gasteiger partial charge is 0.363 e. The Kier molecular flexibility index (Phi) is 5.97. The van der Waals surface area contributed by atoms with E-state index in [0.717, 1.165) is 34.0 Å². The van der Waals surface area contributed by atoms with Crippen LogP contribution in [0.4, 0.5) is 33.6 Å². The Labute approximate surface area is 171 Å². The van der Waals surface area contributed by atoms with Gasteiger partial charge >= 0.3 is 6.03 Å². The topological polar surface area (TPSA) is 82.2 Å². The third-order valence-electron chi connectivity index (χ3n) is 4.33. The van der Waals surface area contributed by atoms with E-state index < -0.39 is 0 Å². The second-order valence-electron chi connectivity index (χ2n) is 7.19. The first-order chi connectivity index (χ1) is 13.8. The smallest absolute Gasteiger partial charge is 0.323 e. The fourth-order valence-corrected chi connectivity index (χ4v) is 2.84. The van der Waals surface area contributed by atoms with E-state index in [4.69, 9.17) is 0 Å². The molecule has 29 heavy (non-hydrogen) atoms. The van der Waals surface area contributed by atoms with E-state index in [1.54, 1.807) is 0 Å². The molecule has 0 unspecified atom stereocenters. The van der Waals surface area contributed by atoms with Crippen molar-refractivity contribution < 1.29 is 4.79 Å². The normalized spacial score (nSPS) is 10.4. The molecule has 3 rings (SSSR count). The second-order valence-corrected chi connectivity index (χ2v) is 7.19. The molecule has 2 amide bonds. The monoisotopic (exact) mass is 390 g/mol. The molecule has 0 saturated carbocycles. The van der Waals surface area contributed by atoms with Crippen molar-refractivity contribution in [1.82, 2.24) is 9.97 Å². The molecule has 0 aliphatic carbocycles. The summed E-state index contributed by atoms with van der Waals surface area (Å²) < 4.78 is 0. The minimum atomic E-state index is -0.282. The number of hydrogen-bond acceptors (Lipinski definition) is 5. The highest BCUT2D eigenvalue weighted by atomic mass is 16.2. The van der Waals surface area contributed by atoms with Gasteiger partial charge in [-0.2, -0.15) is 4.98 Å². The summed E-state index contributed by atoms with van der Waals surface area (Å²) in [6.45, 7) is 5.93. The molecule has 3 N–H and O–H groups in total. The summed E-state index contributed by atoms with van der Waals surface area (Å²) in [4.78, 5) is 23.1. The molecule has 0 aliphatic heterocycles. The van der Waals surface area contributed by atoms with Crippen molar-refractivity contribution in [1.29, 1.82) is 0 Å². The van der Waals surface area contributed by atoms with E-state index in [2.05, 4.69) is 25.9 Å². The number of carbonyl (C=O) groups is 1. The number of rotatable bonds is 5. The quantitative estimate of drug-likeness (QED) is 0.580. The summed E-state index contributed by atoms with van der Waals surface area (Å²) in [6, 6.07) is 14.9. The van der Waals surface area contributed by atoms with Gasteiger partial charge in [-0.25, -0.2) is 9.78 Å². The van der Waals surface area contributed by atoms with Gasteiger partial charge in [-0.3, -0.25) is 0 Å². The van der Waals surface area contributed by atoms with Crippen molar-refractivity contribution in [3.8, 4) is 0 Å². The van der Waals surface area contributed by atoms with Gasteiger partial charge in [-0.1, -0.05) is 17.7 Å². The zero-order chi connectivity index (χ0) is 21.0. The zero-order valence-corrected chi connectivity index (χ0v) is 17.4. The number of nitrogens with zero attached hydrogens (tertiary/aromatic N) is 3. The first kappa shape index (κ1) is 20.1. The highest BCUT2D eigenvalue weighted by molar-refractivity contribution is 6.00. The lowest BCUT2D eigenvalue weighted by molar-refractivity contribution is 0.262. The summed E-state index contributed by atoms with van der Waals surface area (Å²) in [5.74, 6) is 1.36. The molecule has 1 aromatic heterocycles. The van der Waals surface area contributed by atoms with Crippen LogP contribution in [0.2, 0.25) is 0 Å². The molecule has 1 heterocycles. The second kappa shape index (κ2) is 8.60. The summed E-state index contributed by atoms with van der Waals surface area (Å²) in [6.07, 6.45) is 0. The van der Waals surface area contributed by atoms with Crippen LogP contribution in [0, 0.1) is 20.8 Å². The first-order valence-corrected chi connectivity index (χ1v) is 9.35. The van der Waals surface area contributed by atoms with Crippen LogP contribution in [-0.4, -0.2) is 30.1 Å². The van der Waals surface area contributed by atoms with Gasteiger partial charge in [0, 0.05) is 42.9 Å². The molecule has 7 heteroatoms. The molecule has 7 nitrogen and oxygen atoms in total. The van der Waals surface area contributed by atoms with Crippen LogP contribution in [0.1, 0.15) is 16.8 Å². The van der Waals surface area contributed by atoms with Gasteiger partial charge in [-0.05, 0) is 56.7 Å². The number of aromatic nitrogens is 2. The Hall–Kier alpha value is -3.61. The Bertz CT molecular complexity index is 1010. The van der Waals surface area contributed by atoms with Gasteiger partial charge in [0.05, 0.1) is 0 Å². The van der Waals surface area contributed by atoms with Crippen LogP contribution in [0.3, 0.4) is 0 Å². The van der Waals surface area contributed by atoms with Crippen molar-refractivity contribution in [3.63, 3.8) is 0 Å². The van der Waals surface area contributed by atoms with Crippen LogP contribution < -0.4 is 20.9 Å². The molecule has 0 aliphatic rings. The highest BCUT2D eigenvalue weighted by Gasteiger charge is 2.07. The van der Waals surface area contributed by atoms with Crippen LogP contribution in [0.5, 0.6) is 0 Å². The molecule has 0 saturated heterocycles. The zero-order valence-electron chi connectivity index (χ0n) is 17.4. The average Bonchev–Trinajstić information content (AvgIpc) is 2.65. The predicted octanol–water partition coefficient (Wildman–Crippen LogP) is 4.86. The van der Waals surface area contributed by atoms with Gasteiger partial charge in [0.15, 0.2) is 0 Å². The third kappa shape index (κ3) is 5.44. The fraction of sp³-hybridized carbons (Fsp3) is 0.227. The van der Waals surface area contributed by atoms with E-state index in [1.165, 1.54) is 0 Å². The maximum atomic E-state index is 12.3. The lowest BCUT2D eigenvalue weighted by atomic mass is 10.1. The summed E-state index contributed by atoms with van der Waals surface area (Å²) in [5, 5.41) is 8.91. The Morgan fingerprint density at radius 1 is 0.862 bits per heavy atom. The van der Waals surface area contributed by atoms with Gasteiger partial charge in [0.1, 0.15) is 5.82 Å². The molecule has 0 spiro atoms. The van der Waals surface area contributed by atoms with E-state index >= 15 is 0 Å². The third-order valence-corrected chi connectivity index (χ3v) is 4.33. The van der Waals surface area contributed by atoms with Crippen LogP contribution in [0.25, 0.3) is 0 Å². The molecule has 0 radical (unpaired) electrons. The van der Waals surface area contributed by atoms with Crippen molar-refractivity contribution in [3.05, 3.63) is 65.4 Å². The lowest BCUT2D eigenvalue weighted by Crippen LogP contribution is -2.19. The number of amides is 2. The number of aryl methyl sites for hydroxylation is 3. The summed E-state index contributed by atoms with van der Waals surface area (Å²) >= 11 is 0. The molecule has 0 bridgehead atoms. The first-order valence-electron chi connectivity index (χ1n) is 9.35. The van der Waals surface area contributed by atoms with Crippen molar-refractivity contribution in [2.75, 3.05) is 34.9 Å². The number of benzene rings is 2. The van der Waals surface area contributed by atoms with Gasteiger partial charge in [0.25, 0.3) is 0 Å². The SMILES string of the molecule is Cc1ccc(NC(=O)Nc2ccc(Nc3nc(C)cc(N(C)C)n3)cc2)c(C)c1. The Balaban J connectivity index is 1.63. The Morgan fingerprint density at radius 3 is 2.21 bits per heavy atom. The molecule has 150 valence electrons. The number of anilines is 5. The number of urea groups is 1. The van der Waals surface area contributed by atoms with E-state index in [9.17, 15) is 4.79 Å². The van der Waals surface area contributed by atoms with Gasteiger partial charge < -0.3 is 20.9 Å². The van der Waals surface area contributed by atoms with E-state index in [-0.39, 0.29) is 6.03 Å². The maximum absolute atomic E-state index is 12.3. The standard InChI is InChI=1S/C22H26N6O/c1-14-6-11-19(15(2)12-14)26-22(29)25-18-9-7-17(8-10-18)24-21-23-16(3)13-20(27-21)28(4)5/h6-13H,1-5H3,(H,23,24,27)(H2,25,26,29). The molecule has 2 aromatic carbocycles. The van der Waals surface area contributed by atoms with Crippen LogP contribution >= 0.6 is 0 Å². The van der Waals surface area contributed by atoms with Gasteiger partial charge in [-0.15, -0.1) is 0 Å². The molecule has 0 fully saturated rings. The Morgan fingerprint density at radius 2 is 1.55 bits per heavy atom. The fourth-order valence-electron chi connectivity index (χ4n) is 2.84. The summed E-state index contributed by atoms with van der Waals surface area (Å²) in [5.41, 5.74) is 5.38. The number of hydrogen-bond donors (Lipinski definition) is 3. The number of carbonyl (C=O) groups excluding carboxylic acids is 1. The maximum Gasteiger partial charge on any atom is 0.323 e.